The quantitative estimate of drug-likeness (QED) is 0.644. The molecule has 0 aliphatic carbocycles. The van der Waals surface area contributed by atoms with E-state index in [9.17, 15) is 4.39 Å². The minimum Gasteiger partial charge on any atom is -0.207 e. The van der Waals surface area contributed by atoms with Crippen LogP contribution in [0.1, 0.15) is 16.5 Å². The van der Waals surface area contributed by atoms with E-state index in [1.165, 1.54) is 12.1 Å². The predicted molar refractivity (Wildman–Crippen MR) is 70.6 cm³/mol. The minimum absolute atomic E-state index is 0.296. The van der Waals surface area contributed by atoms with Gasteiger partial charge in [0, 0.05) is 10.0 Å². The SMILES string of the molecule is Fc1ccc(C(Cl)c2cc(Cl)ccc2Cl)cc1. The lowest BCUT2D eigenvalue weighted by atomic mass is 10.0. The number of hydrogen-bond acceptors (Lipinski definition) is 0. The van der Waals surface area contributed by atoms with E-state index in [0.717, 1.165) is 5.56 Å². The topological polar surface area (TPSA) is 0 Å². The van der Waals surface area contributed by atoms with E-state index in [1.54, 1.807) is 30.3 Å². The molecule has 2 rings (SSSR count). The Kier molecular flexibility index (Phi) is 3.93. The van der Waals surface area contributed by atoms with Crippen molar-refractivity contribution in [1.82, 2.24) is 0 Å². The summed E-state index contributed by atoms with van der Waals surface area (Å²) in [7, 11) is 0. The first-order valence-electron chi connectivity index (χ1n) is 4.92. The standard InChI is InChI=1S/C13H8Cl3F/c14-9-3-6-12(15)11(7-9)13(16)8-1-4-10(17)5-2-8/h1-7,13H. The predicted octanol–water partition coefficient (Wildman–Crippen LogP) is 5.46. The Labute approximate surface area is 114 Å². The first-order valence-corrected chi connectivity index (χ1v) is 6.11. The molecule has 0 amide bonds. The van der Waals surface area contributed by atoms with Crippen LogP contribution in [0.25, 0.3) is 0 Å². The average molecular weight is 290 g/mol. The highest BCUT2D eigenvalue weighted by atomic mass is 35.5. The van der Waals surface area contributed by atoms with Gasteiger partial charge < -0.3 is 0 Å². The fourth-order valence-electron chi connectivity index (χ4n) is 1.52. The highest BCUT2D eigenvalue weighted by Gasteiger charge is 2.14. The van der Waals surface area contributed by atoms with Crippen molar-refractivity contribution >= 4 is 34.8 Å². The van der Waals surface area contributed by atoms with Gasteiger partial charge in [-0.1, -0.05) is 35.3 Å². The van der Waals surface area contributed by atoms with E-state index in [4.69, 9.17) is 34.8 Å². The van der Waals surface area contributed by atoms with E-state index in [0.29, 0.717) is 15.6 Å². The fourth-order valence-corrected chi connectivity index (χ4v) is 2.31. The molecule has 0 nitrogen and oxygen atoms in total. The number of benzene rings is 2. The van der Waals surface area contributed by atoms with Crippen molar-refractivity contribution in [2.24, 2.45) is 0 Å². The van der Waals surface area contributed by atoms with Gasteiger partial charge in [0.05, 0.1) is 5.38 Å². The van der Waals surface area contributed by atoms with E-state index < -0.39 is 5.38 Å². The molecule has 0 aliphatic heterocycles. The second kappa shape index (κ2) is 5.26. The molecule has 88 valence electrons. The molecular weight excluding hydrogens is 282 g/mol. The Bertz CT molecular complexity index is 523. The van der Waals surface area contributed by atoms with Gasteiger partial charge in [-0.25, -0.2) is 4.39 Å². The Morgan fingerprint density at radius 2 is 1.59 bits per heavy atom. The molecule has 0 spiro atoms. The molecule has 2 aromatic rings. The van der Waals surface area contributed by atoms with Gasteiger partial charge >= 0.3 is 0 Å². The van der Waals surface area contributed by atoms with Gasteiger partial charge in [-0.2, -0.15) is 0 Å². The van der Waals surface area contributed by atoms with Crippen molar-refractivity contribution in [2.75, 3.05) is 0 Å². The first-order chi connectivity index (χ1) is 8.08. The minimum atomic E-state index is -0.443. The third-order valence-electron chi connectivity index (χ3n) is 2.39. The molecule has 1 atom stereocenters. The van der Waals surface area contributed by atoms with Crippen molar-refractivity contribution < 1.29 is 4.39 Å². The van der Waals surface area contributed by atoms with Gasteiger partial charge in [-0.15, -0.1) is 11.6 Å². The van der Waals surface area contributed by atoms with Crippen LogP contribution < -0.4 is 0 Å². The van der Waals surface area contributed by atoms with Crippen LogP contribution in [0.4, 0.5) is 4.39 Å². The molecule has 0 N–H and O–H groups in total. The van der Waals surface area contributed by atoms with Crippen LogP contribution in [0.15, 0.2) is 42.5 Å². The maximum Gasteiger partial charge on any atom is 0.123 e. The van der Waals surface area contributed by atoms with Crippen LogP contribution in [0, 0.1) is 5.82 Å². The average Bonchev–Trinajstić information content (AvgIpc) is 2.32. The molecule has 4 heteroatoms. The van der Waals surface area contributed by atoms with Crippen molar-refractivity contribution in [3.8, 4) is 0 Å². The highest BCUT2D eigenvalue weighted by Crippen LogP contribution is 2.35. The van der Waals surface area contributed by atoms with E-state index in [-0.39, 0.29) is 5.82 Å². The summed E-state index contributed by atoms with van der Waals surface area (Å²) in [6.07, 6.45) is 0. The number of hydrogen-bond donors (Lipinski definition) is 0. The molecule has 0 aromatic heterocycles. The normalized spacial score (nSPS) is 12.5. The zero-order valence-corrected chi connectivity index (χ0v) is 10.9. The lowest BCUT2D eigenvalue weighted by Crippen LogP contribution is -1.94. The second-order valence-electron chi connectivity index (χ2n) is 3.58. The van der Waals surface area contributed by atoms with Crippen molar-refractivity contribution in [1.29, 1.82) is 0 Å². The molecule has 1 unspecified atom stereocenters. The van der Waals surface area contributed by atoms with Gasteiger partial charge in [0.15, 0.2) is 0 Å². The van der Waals surface area contributed by atoms with E-state index in [2.05, 4.69) is 0 Å². The van der Waals surface area contributed by atoms with Gasteiger partial charge in [0.25, 0.3) is 0 Å². The Morgan fingerprint density at radius 1 is 0.941 bits per heavy atom. The molecule has 0 aliphatic rings. The molecule has 0 bridgehead atoms. The highest BCUT2D eigenvalue weighted by molar-refractivity contribution is 6.35. The first kappa shape index (κ1) is 12.7. The molecule has 0 saturated carbocycles. The lowest BCUT2D eigenvalue weighted by Gasteiger charge is -2.12. The molecule has 2 aromatic carbocycles. The molecule has 17 heavy (non-hydrogen) atoms. The van der Waals surface area contributed by atoms with Crippen LogP contribution in [0.2, 0.25) is 10.0 Å². The zero-order valence-electron chi connectivity index (χ0n) is 8.63. The summed E-state index contributed by atoms with van der Waals surface area (Å²) < 4.78 is 12.8. The third kappa shape index (κ3) is 2.92. The second-order valence-corrected chi connectivity index (χ2v) is 4.86. The molecule has 0 heterocycles. The smallest absolute Gasteiger partial charge is 0.123 e. The summed E-state index contributed by atoms with van der Waals surface area (Å²) in [4.78, 5) is 0. The molecule has 0 saturated heterocycles. The van der Waals surface area contributed by atoms with E-state index in [1.807, 2.05) is 0 Å². The van der Waals surface area contributed by atoms with Gasteiger partial charge in [0.1, 0.15) is 5.82 Å². The largest absolute Gasteiger partial charge is 0.207 e. The van der Waals surface area contributed by atoms with Crippen LogP contribution in [-0.2, 0) is 0 Å². The molecule has 0 radical (unpaired) electrons. The van der Waals surface area contributed by atoms with Crippen LogP contribution in [0.3, 0.4) is 0 Å². The Balaban J connectivity index is 2.39. The maximum absolute atomic E-state index is 12.8. The molecule has 0 fully saturated rings. The summed E-state index contributed by atoms with van der Waals surface area (Å²) in [5.41, 5.74) is 1.49. The van der Waals surface area contributed by atoms with Crippen molar-refractivity contribution in [3.63, 3.8) is 0 Å². The van der Waals surface area contributed by atoms with Crippen molar-refractivity contribution in [2.45, 2.75) is 5.38 Å². The summed E-state index contributed by atoms with van der Waals surface area (Å²) in [6.45, 7) is 0. The van der Waals surface area contributed by atoms with Crippen LogP contribution >= 0.6 is 34.8 Å². The van der Waals surface area contributed by atoms with Crippen LogP contribution in [0.5, 0.6) is 0 Å². The lowest BCUT2D eigenvalue weighted by molar-refractivity contribution is 0.627. The third-order valence-corrected chi connectivity index (χ3v) is 3.46. The van der Waals surface area contributed by atoms with Gasteiger partial charge in [-0.3, -0.25) is 0 Å². The number of halogens is 4. The van der Waals surface area contributed by atoms with Crippen molar-refractivity contribution in [3.05, 3.63) is 69.5 Å². The fraction of sp³-hybridized carbons (Fsp3) is 0.0769. The van der Waals surface area contributed by atoms with Crippen LogP contribution in [-0.4, -0.2) is 0 Å². The maximum atomic E-state index is 12.8. The monoisotopic (exact) mass is 288 g/mol. The number of rotatable bonds is 2. The zero-order chi connectivity index (χ0) is 12.4. The Hall–Kier alpha value is -0.760. The summed E-state index contributed by atoms with van der Waals surface area (Å²) >= 11 is 18.2. The van der Waals surface area contributed by atoms with E-state index >= 15 is 0 Å². The number of alkyl halides is 1. The summed E-state index contributed by atoms with van der Waals surface area (Å²) in [5.74, 6) is -0.296. The molecular formula is C13H8Cl3F. The van der Waals surface area contributed by atoms with Gasteiger partial charge in [0.2, 0.25) is 0 Å². The van der Waals surface area contributed by atoms with Gasteiger partial charge in [-0.05, 0) is 41.5 Å². The summed E-state index contributed by atoms with van der Waals surface area (Å²) in [6, 6.07) is 11.1. The summed E-state index contributed by atoms with van der Waals surface area (Å²) in [5, 5.41) is 0.665. The Morgan fingerprint density at radius 3 is 2.24 bits per heavy atom.